The summed E-state index contributed by atoms with van der Waals surface area (Å²) >= 11 is 0. The van der Waals surface area contributed by atoms with E-state index in [1.807, 2.05) is 6.92 Å². The van der Waals surface area contributed by atoms with Crippen LogP contribution in [0.3, 0.4) is 0 Å². The van der Waals surface area contributed by atoms with Crippen molar-refractivity contribution in [2.45, 2.75) is 57.9 Å². The fourth-order valence-corrected chi connectivity index (χ4v) is 3.27. The Balaban J connectivity index is 2.00. The van der Waals surface area contributed by atoms with E-state index in [2.05, 4.69) is 5.32 Å². The van der Waals surface area contributed by atoms with Crippen LogP contribution in [0.15, 0.2) is 18.2 Å². The minimum Gasteiger partial charge on any atom is -0.310 e. The Morgan fingerprint density at radius 3 is 2.65 bits per heavy atom. The number of hydrogen-bond donors (Lipinski definition) is 1. The number of benzene rings is 1. The third-order valence-electron chi connectivity index (χ3n) is 4.37. The van der Waals surface area contributed by atoms with Crippen molar-refractivity contribution in [2.75, 3.05) is 6.54 Å². The van der Waals surface area contributed by atoms with Crippen molar-refractivity contribution in [3.63, 3.8) is 0 Å². The Labute approximate surface area is 120 Å². The third-order valence-corrected chi connectivity index (χ3v) is 4.37. The maximum absolute atomic E-state index is 13.9. The van der Waals surface area contributed by atoms with Gasteiger partial charge in [0.1, 0.15) is 11.6 Å². The Bertz CT molecular complexity index is 413. The highest BCUT2D eigenvalue weighted by Gasteiger charge is 2.19. The Kier molecular flexibility index (Phi) is 5.96. The molecule has 20 heavy (non-hydrogen) atoms. The summed E-state index contributed by atoms with van der Waals surface area (Å²) in [6.07, 6.45) is 8.59. The predicted octanol–water partition coefficient (Wildman–Crippen LogP) is 4.98. The molecular weight excluding hydrogens is 256 g/mol. The summed E-state index contributed by atoms with van der Waals surface area (Å²) in [6, 6.07) is 3.68. The van der Waals surface area contributed by atoms with E-state index in [0.29, 0.717) is 5.56 Å². The van der Waals surface area contributed by atoms with E-state index >= 15 is 0 Å². The van der Waals surface area contributed by atoms with Crippen molar-refractivity contribution in [2.24, 2.45) is 5.92 Å². The highest BCUT2D eigenvalue weighted by molar-refractivity contribution is 5.22. The largest absolute Gasteiger partial charge is 0.310 e. The van der Waals surface area contributed by atoms with Gasteiger partial charge in [-0.25, -0.2) is 8.78 Å². The van der Waals surface area contributed by atoms with Gasteiger partial charge in [0.25, 0.3) is 0 Å². The van der Waals surface area contributed by atoms with Crippen LogP contribution in [0.5, 0.6) is 0 Å². The van der Waals surface area contributed by atoms with E-state index in [9.17, 15) is 8.78 Å². The first-order chi connectivity index (χ1) is 9.70. The normalized spacial score (nSPS) is 18.1. The third kappa shape index (κ3) is 4.27. The van der Waals surface area contributed by atoms with Crippen molar-refractivity contribution in [3.8, 4) is 0 Å². The molecule has 0 radical (unpaired) electrons. The molecule has 1 unspecified atom stereocenters. The molecule has 3 heteroatoms. The highest BCUT2D eigenvalue weighted by Crippen LogP contribution is 2.31. The predicted molar refractivity (Wildman–Crippen MR) is 78.6 cm³/mol. The van der Waals surface area contributed by atoms with Crippen LogP contribution >= 0.6 is 0 Å². The van der Waals surface area contributed by atoms with E-state index in [1.54, 1.807) is 0 Å². The minimum absolute atomic E-state index is 0.0716. The van der Waals surface area contributed by atoms with E-state index in [1.165, 1.54) is 50.3 Å². The van der Waals surface area contributed by atoms with Crippen LogP contribution in [0, 0.1) is 17.6 Å². The molecule has 0 saturated heterocycles. The first-order valence-corrected chi connectivity index (χ1v) is 7.89. The molecule has 1 aromatic rings. The quantitative estimate of drug-likeness (QED) is 0.775. The zero-order valence-corrected chi connectivity index (χ0v) is 12.3. The summed E-state index contributed by atoms with van der Waals surface area (Å²) in [6.45, 7) is 2.77. The zero-order valence-electron chi connectivity index (χ0n) is 12.3. The SMILES string of the molecule is CCNC(CCC1CCCCC1)c1cc(F)ccc1F. The standard InChI is InChI=1S/C17H25F2N/c1-2-20-17(11-8-13-6-4-3-5-7-13)15-12-14(18)9-10-16(15)19/h9-10,12-13,17,20H,2-8,11H2,1H3. The molecular formula is C17H25F2N. The summed E-state index contributed by atoms with van der Waals surface area (Å²) in [5, 5.41) is 3.30. The van der Waals surface area contributed by atoms with Crippen molar-refractivity contribution >= 4 is 0 Å². The fourth-order valence-electron chi connectivity index (χ4n) is 3.27. The first kappa shape index (κ1) is 15.4. The second-order valence-corrected chi connectivity index (χ2v) is 5.86. The van der Waals surface area contributed by atoms with Gasteiger partial charge in [-0.15, -0.1) is 0 Å². The van der Waals surface area contributed by atoms with Crippen LogP contribution in [0.25, 0.3) is 0 Å². The fraction of sp³-hybridized carbons (Fsp3) is 0.647. The molecule has 1 N–H and O–H groups in total. The van der Waals surface area contributed by atoms with Gasteiger partial charge in [0.15, 0.2) is 0 Å². The maximum atomic E-state index is 13.9. The Morgan fingerprint density at radius 1 is 1.20 bits per heavy atom. The average Bonchev–Trinajstić information content (AvgIpc) is 2.47. The van der Waals surface area contributed by atoms with Crippen LogP contribution in [0.2, 0.25) is 0 Å². The molecule has 0 spiro atoms. The minimum atomic E-state index is -0.359. The van der Waals surface area contributed by atoms with Crippen molar-refractivity contribution in [1.82, 2.24) is 5.32 Å². The summed E-state index contributed by atoms with van der Waals surface area (Å²) < 4.78 is 27.3. The lowest BCUT2D eigenvalue weighted by atomic mass is 9.84. The Morgan fingerprint density at radius 2 is 1.95 bits per heavy atom. The summed E-state index contributed by atoms with van der Waals surface area (Å²) in [5.41, 5.74) is 0.475. The molecule has 112 valence electrons. The number of nitrogens with one attached hydrogen (secondary N) is 1. The van der Waals surface area contributed by atoms with Gasteiger partial charge < -0.3 is 5.32 Å². The molecule has 2 rings (SSSR count). The first-order valence-electron chi connectivity index (χ1n) is 7.89. The van der Waals surface area contributed by atoms with Gasteiger partial charge in [0.05, 0.1) is 0 Å². The molecule has 1 atom stereocenters. The summed E-state index contributed by atoms with van der Waals surface area (Å²) in [4.78, 5) is 0. The summed E-state index contributed by atoms with van der Waals surface area (Å²) in [5.74, 6) is 0.101. The van der Waals surface area contributed by atoms with Gasteiger partial charge in [-0.1, -0.05) is 39.0 Å². The van der Waals surface area contributed by atoms with Crippen LogP contribution < -0.4 is 5.32 Å². The van der Waals surface area contributed by atoms with Crippen molar-refractivity contribution < 1.29 is 8.78 Å². The molecule has 0 heterocycles. The lowest BCUT2D eigenvalue weighted by molar-refractivity contribution is 0.313. The van der Waals surface area contributed by atoms with Gasteiger partial charge in [-0.05, 0) is 43.5 Å². The molecule has 1 fully saturated rings. The monoisotopic (exact) mass is 281 g/mol. The molecule has 0 aromatic heterocycles. The molecule has 1 aromatic carbocycles. The van der Waals surface area contributed by atoms with Crippen LogP contribution in [0.1, 0.15) is 63.5 Å². The average molecular weight is 281 g/mol. The van der Waals surface area contributed by atoms with Crippen LogP contribution in [0.4, 0.5) is 8.78 Å². The van der Waals surface area contributed by atoms with Crippen molar-refractivity contribution in [1.29, 1.82) is 0 Å². The topological polar surface area (TPSA) is 12.0 Å². The van der Waals surface area contributed by atoms with Gasteiger partial charge in [0.2, 0.25) is 0 Å². The molecule has 1 nitrogen and oxygen atoms in total. The van der Waals surface area contributed by atoms with Crippen molar-refractivity contribution in [3.05, 3.63) is 35.4 Å². The second-order valence-electron chi connectivity index (χ2n) is 5.86. The lowest BCUT2D eigenvalue weighted by Gasteiger charge is -2.25. The lowest BCUT2D eigenvalue weighted by Crippen LogP contribution is -2.23. The van der Waals surface area contributed by atoms with E-state index < -0.39 is 0 Å². The summed E-state index contributed by atoms with van der Waals surface area (Å²) in [7, 11) is 0. The van der Waals surface area contributed by atoms with Crippen LogP contribution in [-0.2, 0) is 0 Å². The van der Waals surface area contributed by atoms with E-state index in [4.69, 9.17) is 0 Å². The molecule has 1 saturated carbocycles. The molecule has 1 aliphatic rings. The maximum Gasteiger partial charge on any atom is 0.128 e. The van der Waals surface area contributed by atoms with Gasteiger partial charge in [-0.3, -0.25) is 0 Å². The second kappa shape index (κ2) is 7.72. The van der Waals surface area contributed by atoms with E-state index in [-0.39, 0.29) is 17.7 Å². The van der Waals surface area contributed by atoms with Gasteiger partial charge >= 0.3 is 0 Å². The molecule has 1 aliphatic carbocycles. The number of halogens is 2. The number of hydrogen-bond acceptors (Lipinski definition) is 1. The smallest absolute Gasteiger partial charge is 0.128 e. The molecule has 0 bridgehead atoms. The Hall–Kier alpha value is -0.960. The zero-order chi connectivity index (χ0) is 14.4. The van der Waals surface area contributed by atoms with Gasteiger partial charge in [0, 0.05) is 11.6 Å². The number of rotatable bonds is 6. The van der Waals surface area contributed by atoms with Gasteiger partial charge in [-0.2, -0.15) is 0 Å². The highest BCUT2D eigenvalue weighted by atomic mass is 19.1. The molecule has 0 aliphatic heterocycles. The molecule has 0 amide bonds. The van der Waals surface area contributed by atoms with E-state index in [0.717, 1.165) is 25.3 Å². The van der Waals surface area contributed by atoms with Crippen LogP contribution in [-0.4, -0.2) is 6.54 Å².